The fourth-order valence-electron chi connectivity index (χ4n) is 2.65. The predicted octanol–water partition coefficient (Wildman–Crippen LogP) is 3.47. The standard InChI is InChI=1S/C19H15ClN4O3S/c1-27-15-8-7-13(9-14(15)20)24-17(25)10-16(18(24)26)28-19(22-11-21)23-12-5-3-2-4-6-12/h2-9,16H,10H2,1H3,(H,22,23)/t16-/m1/s1. The van der Waals surface area contributed by atoms with Gasteiger partial charge in [-0.15, -0.1) is 0 Å². The number of hydrogen-bond donors (Lipinski definition) is 1. The Kier molecular flexibility index (Phi) is 6.19. The zero-order valence-corrected chi connectivity index (χ0v) is 16.3. The minimum atomic E-state index is -0.698. The van der Waals surface area contributed by atoms with Gasteiger partial charge in [-0.1, -0.05) is 41.6 Å². The third-order valence-electron chi connectivity index (χ3n) is 3.90. The number of methoxy groups -OCH3 is 1. The summed E-state index contributed by atoms with van der Waals surface area (Å²) < 4.78 is 5.09. The maximum atomic E-state index is 12.8. The summed E-state index contributed by atoms with van der Waals surface area (Å²) in [6, 6.07) is 13.7. The number of aliphatic imine (C=N–C) groups is 1. The van der Waals surface area contributed by atoms with E-state index in [1.807, 2.05) is 24.4 Å². The molecule has 0 aromatic heterocycles. The number of nitrogens with zero attached hydrogens (tertiary/aromatic N) is 3. The first kappa shape index (κ1) is 19.7. The smallest absolute Gasteiger partial charge is 0.247 e. The van der Waals surface area contributed by atoms with Crippen LogP contribution in [0.5, 0.6) is 5.75 Å². The van der Waals surface area contributed by atoms with Crippen molar-refractivity contribution in [2.75, 3.05) is 12.0 Å². The van der Waals surface area contributed by atoms with Crippen LogP contribution in [-0.4, -0.2) is 29.3 Å². The lowest BCUT2D eigenvalue weighted by molar-refractivity contribution is -0.121. The number of nitriles is 1. The molecule has 0 radical (unpaired) electrons. The number of rotatable bonds is 4. The van der Waals surface area contributed by atoms with Crippen LogP contribution in [0, 0.1) is 11.5 Å². The summed E-state index contributed by atoms with van der Waals surface area (Å²) in [5.74, 6) is -0.289. The van der Waals surface area contributed by atoms with Gasteiger partial charge in [0.25, 0.3) is 0 Å². The van der Waals surface area contributed by atoms with Crippen LogP contribution in [0.4, 0.5) is 11.4 Å². The summed E-state index contributed by atoms with van der Waals surface area (Å²) in [5, 5.41) is 11.3. The summed E-state index contributed by atoms with van der Waals surface area (Å²) in [7, 11) is 1.48. The Hall–Kier alpha value is -3.02. The van der Waals surface area contributed by atoms with Crippen molar-refractivity contribution in [3.63, 3.8) is 0 Å². The second-order valence-electron chi connectivity index (χ2n) is 5.69. The van der Waals surface area contributed by atoms with E-state index in [1.54, 1.807) is 24.3 Å². The molecule has 1 heterocycles. The molecule has 1 aliphatic heterocycles. The van der Waals surface area contributed by atoms with Gasteiger partial charge in [0.15, 0.2) is 11.4 Å². The largest absolute Gasteiger partial charge is 0.495 e. The van der Waals surface area contributed by atoms with E-state index in [2.05, 4.69) is 10.3 Å². The van der Waals surface area contributed by atoms with Crippen LogP contribution in [0.3, 0.4) is 0 Å². The highest BCUT2D eigenvalue weighted by molar-refractivity contribution is 8.15. The molecule has 0 unspecified atom stereocenters. The molecule has 28 heavy (non-hydrogen) atoms. The van der Waals surface area contributed by atoms with Crippen LogP contribution in [0.1, 0.15) is 6.42 Å². The highest BCUT2D eigenvalue weighted by atomic mass is 35.5. The minimum Gasteiger partial charge on any atom is -0.495 e. The van der Waals surface area contributed by atoms with Crippen molar-refractivity contribution in [1.82, 2.24) is 5.32 Å². The Morgan fingerprint density at radius 1 is 1.32 bits per heavy atom. The van der Waals surface area contributed by atoms with Gasteiger partial charge in [-0.05, 0) is 30.3 Å². The van der Waals surface area contributed by atoms with Crippen molar-refractivity contribution >= 4 is 51.7 Å². The van der Waals surface area contributed by atoms with Crippen LogP contribution in [0.2, 0.25) is 5.02 Å². The van der Waals surface area contributed by atoms with Crippen LogP contribution >= 0.6 is 23.4 Å². The minimum absolute atomic E-state index is 0.00589. The maximum Gasteiger partial charge on any atom is 0.247 e. The summed E-state index contributed by atoms with van der Waals surface area (Å²) in [6.07, 6.45) is 1.80. The van der Waals surface area contributed by atoms with Gasteiger partial charge in [-0.2, -0.15) is 5.26 Å². The molecule has 1 N–H and O–H groups in total. The number of carbonyl (C=O) groups is 2. The van der Waals surface area contributed by atoms with E-state index >= 15 is 0 Å². The van der Waals surface area contributed by atoms with Crippen molar-refractivity contribution in [2.24, 2.45) is 4.99 Å². The monoisotopic (exact) mass is 414 g/mol. The van der Waals surface area contributed by atoms with E-state index in [9.17, 15) is 9.59 Å². The summed E-state index contributed by atoms with van der Waals surface area (Å²) in [4.78, 5) is 30.7. The first-order valence-electron chi connectivity index (χ1n) is 8.19. The molecule has 2 aromatic carbocycles. The van der Waals surface area contributed by atoms with Gasteiger partial charge < -0.3 is 4.74 Å². The number of imide groups is 1. The van der Waals surface area contributed by atoms with Gasteiger partial charge >= 0.3 is 0 Å². The molecule has 1 aliphatic rings. The second-order valence-corrected chi connectivity index (χ2v) is 7.28. The van der Waals surface area contributed by atoms with E-state index in [0.717, 1.165) is 16.7 Å². The third kappa shape index (κ3) is 4.27. The van der Waals surface area contributed by atoms with Gasteiger partial charge in [-0.3, -0.25) is 14.9 Å². The summed E-state index contributed by atoms with van der Waals surface area (Å²) in [5.41, 5.74) is 1.00. The van der Waals surface area contributed by atoms with Crippen LogP contribution < -0.4 is 15.0 Å². The average molecular weight is 415 g/mol. The van der Waals surface area contributed by atoms with Gasteiger partial charge in [0.2, 0.25) is 11.8 Å². The molecule has 142 valence electrons. The lowest BCUT2D eigenvalue weighted by atomic mass is 10.3. The Morgan fingerprint density at radius 3 is 2.71 bits per heavy atom. The number of ether oxygens (including phenoxy) is 1. The molecule has 0 aliphatic carbocycles. The van der Waals surface area contributed by atoms with E-state index in [-0.39, 0.29) is 17.5 Å². The van der Waals surface area contributed by atoms with Crippen molar-refractivity contribution in [1.29, 1.82) is 5.26 Å². The SMILES string of the molecule is COc1ccc(N2C(=O)C[C@@H](SC(=Nc3ccccc3)NC#N)C2=O)cc1Cl. The first-order chi connectivity index (χ1) is 13.5. The number of amidine groups is 1. The summed E-state index contributed by atoms with van der Waals surface area (Å²) >= 11 is 7.15. The fraction of sp³-hybridized carbons (Fsp3) is 0.158. The van der Waals surface area contributed by atoms with Gasteiger partial charge in [0.05, 0.1) is 23.5 Å². The number of amides is 2. The molecule has 0 saturated carbocycles. The molecule has 0 spiro atoms. The molecule has 3 rings (SSSR count). The third-order valence-corrected chi connectivity index (χ3v) is 5.27. The van der Waals surface area contributed by atoms with E-state index in [0.29, 0.717) is 22.1 Å². The molecule has 7 nitrogen and oxygen atoms in total. The molecule has 2 amide bonds. The molecule has 9 heteroatoms. The molecular formula is C19H15ClN4O3S. The highest BCUT2D eigenvalue weighted by Crippen LogP contribution is 2.34. The number of halogens is 1. The summed E-state index contributed by atoms with van der Waals surface area (Å²) in [6.45, 7) is 0. The second kappa shape index (κ2) is 8.78. The number of hydrogen-bond acceptors (Lipinski definition) is 6. The van der Waals surface area contributed by atoms with Crippen molar-refractivity contribution < 1.29 is 14.3 Å². The molecule has 2 aromatic rings. The van der Waals surface area contributed by atoms with Crippen LogP contribution in [0.25, 0.3) is 0 Å². The van der Waals surface area contributed by atoms with Crippen molar-refractivity contribution in [3.05, 3.63) is 53.6 Å². The predicted molar refractivity (Wildman–Crippen MR) is 109 cm³/mol. The van der Waals surface area contributed by atoms with Crippen LogP contribution in [0.15, 0.2) is 53.5 Å². The van der Waals surface area contributed by atoms with Crippen molar-refractivity contribution in [3.8, 4) is 11.9 Å². The number of para-hydroxylation sites is 1. The van der Waals surface area contributed by atoms with Crippen LogP contribution in [-0.2, 0) is 9.59 Å². The van der Waals surface area contributed by atoms with Gasteiger partial charge in [-0.25, -0.2) is 9.89 Å². The Morgan fingerprint density at radius 2 is 2.07 bits per heavy atom. The lowest BCUT2D eigenvalue weighted by Crippen LogP contribution is -2.32. The number of nitrogens with one attached hydrogen (secondary N) is 1. The molecular weight excluding hydrogens is 400 g/mol. The first-order valence-corrected chi connectivity index (χ1v) is 9.45. The fourth-order valence-corrected chi connectivity index (χ4v) is 3.86. The quantitative estimate of drug-likeness (QED) is 0.270. The lowest BCUT2D eigenvalue weighted by Gasteiger charge is -2.16. The molecule has 1 saturated heterocycles. The van der Waals surface area contributed by atoms with Crippen molar-refractivity contribution in [2.45, 2.75) is 11.7 Å². The van der Waals surface area contributed by atoms with E-state index < -0.39 is 11.2 Å². The molecule has 0 bridgehead atoms. The van der Waals surface area contributed by atoms with E-state index in [1.165, 1.54) is 13.2 Å². The van der Waals surface area contributed by atoms with E-state index in [4.69, 9.17) is 21.6 Å². The Balaban J connectivity index is 1.81. The molecule has 1 atom stereocenters. The van der Waals surface area contributed by atoms with Gasteiger partial charge in [0.1, 0.15) is 11.0 Å². The number of benzene rings is 2. The maximum absolute atomic E-state index is 12.8. The number of thioether (sulfide) groups is 1. The number of anilines is 1. The highest BCUT2D eigenvalue weighted by Gasteiger charge is 2.41. The zero-order valence-electron chi connectivity index (χ0n) is 14.8. The topological polar surface area (TPSA) is 94.8 Å². The Bertz CT molecular complexity index is 975. The number of carbonyl (C=O) groups excluding carboxylic acids is 2. The Labute approximate surface area is 170 Å². The average Bonchev–Trinajstić information content (AvgIpc) is 2.96. The molecule has 1 fully saturated rings. The zero-order chi connectivity index (χ0) is 20.1. The normalized spacial score (nSPS) is 16.8. The van der Waals surface area contributed by atoms with Gasteiger partial charge in [0, 0.05) is 6.42 Å².